The van der Waals surface area contributed by atoms with Crippen LogP contribution in [0.1, 0.15) is 37.0 Å². The Morgan fingerprint density at radius 3 is 2.95 bits per heavy atom. The highest BCUT2D eigenvalue weighted by Crippen LogP contribution is 2.29. The lowest BCUT2D eigenvalue weighted by Gasteiger charge is -2.32. The van der Waals surface area contributed by atoms with Crippen LogP contribution >= 0.6 is 11.3 Å². The highest BCUT2D eigenvalue weighted by Gasteiger charge is 2.29. The maximum Gasteiger partial charge on any atom is 0.305 e. The lowest BCUT2D eigenvalue weighted by Crippen LogP contribution is -2.40. The largest absolute Gasteiger partial charge is 0.469 e. The Morgan fingerprint density at radius 1 is 1.36 bits per heavy atom. The highest BCUT2D eigenvalue weighted by molar-refractivity contribution is 7.15. The summed E-state index contributed by atoms with van der Waals surface area (Å²) in [4.78, 5) is 22.0. The van der Waals surface area contributed by atoms with Crippen molar-refractivity contribution < 1.29 is 9.53 Å². The molecule has 0 aromatic carbocycles. The Balaban J connectivity index is 1.52. The van der Waals surface area contributed by atoms with E-state index in [1.807, 2.05) is 6.20 Å². The molecule has 1 aromatic heterocycles. The Hall–Kier alpha value is -1.14. The molecule has 0 aliphatic carbocycles. The normalized spacial score (nSPS) is 23.0. The van der Waals surface area contributed by atoms with Gasteiger partial charge in [-0.2, -0.15) is 0 Å². The summed E-state index contributed by atoms with van der Waals surface area (Å²) in [5.41, 5.74) is 0. The van der Waals surface area contributed by atoms with Crippen molar-refractivity contribution in [2.24, 2.45) is 0 Å². The van der Waals surface area contributed by atoms with E-state index in [9.17, 15) is 4.79 Å². The van der Waals surface area contributed by atoms with Gasteiger partial charge >= 0.3 is 5.97 Å². The van der Waals surface area contributed by atoms with Gasteiger partial charge in [-0.3, -0.25) is 9.69 Å². The van der Waals surface area contributed by atoms with Gasteiger partial charge in [-0.05, 0) is 38.8 Å². The van der Waals surface area contributed by atoms with Crippen LogP contribution in [0.5, 0.6) is 0 Å². The quantitative estimate of drug-likeness (QED) is 0.778. The number of anilines is 1. The second kappa shape index (κ2) is 7.42. The molecule has 2 fully saturated rings. The lowest BCUT2D eigenvalue weighted by atomic mass is 10.1. The van der Waals surface area contributed by atoms with Crippen LogP contribution in [0.2, 0.25) is 0 Å². The van der Waals surface area contributed by atoms with Crippen molar-refractivity contribution in [3.63, 3.8) is 0 Å². The second-order valence-electron chi connectivity index (χ2n) is 6.17. The lowest BCUT2D eigenvalue weighted by molar-refractivity contribution is -0.140. The zero-order valence-corrected chi connectivity index (χ0v) is 14.1. The summed E-state index contributed by atoms with van der Waals surface area (Å²) in [6, 6.07) is 0.697. The molecule has 6 heteroatoms. The summed E-state index contributed by atoms with van der Waals surface area (Å²) in [6.45, 7) is 4.73. The molecule has 0 spiro atoms. The molecule has 2 aliphatic rings. The van der Waals surface area contributed by atoms with Gasteiger partial charge in [0, 0.05) is 30.2 Å². The van der Waals surface area contributed by atoms with Crippen LogP contribution in [0.25, 0.3) is 0 Å². The number of methoxy groups -OCH3 is 1. The fourth-order valence-electron chi connectivity index (χ4n) is 3.38. The van der Waals surface area contributed by atoms with Crippen molar-refractivity contribution in [2.45, 2.75) is 44.6 Å². The number of likely N-dealkylation sites (tertiary alicyclic amines) is 1. The van der Waals surface area contributed by atoms with Gasteiger partial charge in [-0.25, -0.2) is 4.98 Å². The summed E-state index contributed by atoms with van der Waals surface area (Å²) in [5, 5.41) is 1.11. The van der Waals surface area contributed by atoms with E-state index in [2.05, 4.69) is 19.5 Å². The van der Waals surface area contributed by atoms with Gasteiger partial charge in [0.25, 0.3) is 0 Å². The molecule has 1 atom stereocenters. The Bertz CT molecular complexity index is 499. The van der Waals surface area contributed by atoms with Crippen LogP contribution in [0.4, 0.5) is 5.13 Å². The van der Waals surface area contributed by atoms with Crippen molar-refractivity contribution in [1.82, 2.24) is 9.88 Å². The molecule has 122 valence electrons. The van der Waals surface area contributed by atoms with Gasteiger partial charge in [0.2, 0.25) is 0 Å². The molecule has 0 radical (unpaired) electrons. The van der Waals surface area contributed by atoms with E-state index in [1.165, 1.54) is 50.8 Å². The summed E-state index contributed by atoms with van der Waals surface area (Å²) in [7, 11) is 1.44. The summed E-state index contributed by atoms with van der Waals surface area (Å²) in [5.74, 6) is -0.152. The molecule has 2 aliphatic heterocycles. The van der Waals surface area contributed by atoms with Crippen LogP contribution in [0.15, 0.2) is 6.20 Å². The van der Waals surface area contributed by atoms with Crippen LogP contribution in [-0.2, 0) is 16.0 Å². The van der Waals surface area contributed by atoms with Gasteiger partial charge in [-0.15, -0.1) is 11.3 Å². The number of aryl methyl sites for hydroxylation is 1. The monoisotopic (exact) mass is 323 g/mol. The minimum Gasteiger partial charge on any atom is -0.469 e. The zero-order chi connectivity index (χ0) is 15.4. The molecule has 22 heavy (non-hydrogen) atoms. The summed E-state index contributed by atoms with van der Waals surface area (Å²) >= 11 is 1.72. The van der Waals surface area contributed by atoms with Crippen LogP contribution in [0.3, 0.4) is 0 Å². The number of esters is 1. The van der Waals surface area contributed by atoms with E-state index >= 15 is 0 Å². The number of carbonyl (C=O) groups is 1. The molecular formula is C16H25N3O2S. The maximum absolute atomic E-state index is 11.2. The molecule has 5 nitrogen and oxygen atoms in total. The summed E-state index contributed by atoms with van der Waals surface area (Å²) < 4.78 is 4.69. The van der Waals surface area contributed by atoms with Crippen molar-refractivity contribution in [3.8, 4) is 0 Å². The van der Waals surface area contributed by atoms with E-state index in [0.29, 0.717) is 12.5 Å². The number of piperidine rings is 1. The maximum atomic E-state index is 11.2. The molecule has 0 saturated carbocycles. The third kappa shape index (κ3) is 3.79. The molecule has 0 bridgehead atoms. The standard InChI is InChI=1S/C16H25N3O2S/c1-21-15(20)6-5-14-11-17-16(22-14)19-10-7-13(12-19)18-8-3-2-4-9-18/h11,13H,2-10,12H2,1H3/t13-/m0/s1. The third-order valence-electron chi connectivity index (χ3n) is 4.69. The van der Waals surface area contributed by atoms with Gasteiger partial charge in [0.1, 0.15) is 0 Å². The minimum atomic E-state index is -0.152. The predicted molar refractivity (Wildman–Crippen MR) is 88.5 cm³/mol. The molecular weight excluding hydrogens is 298 g/mol. The molecule has 3 heterocycles. The number of carbonyl (C=O) groups excluding carboxylic acids is 1. The zero-order valence-electron chi connectivity index (χ0n) is 13.3. The molecule has 1 aromatic rings. The first-order chi connectivity index (χ1) is 10.8. The third-order valence-corrected chi connectivity index (χ3v) is 5.80. The molecule has 0 N–H and O–H groups in total. The number of rotatable bonds is 5. The van der Waals surface area contributed by atoms with Gasteiger partial charge in [-0.1, -0.05) is 6.42 Å². The van der Waals surface area contributed by atoms with Crippen molar-refractivity contribution in [2.75, 3.05) is 38.2 Å². The summed E-state index contributed by atoms with van der Waals surface area (Å²) in [6.07, 6.45) is 8.43. The fraction of sp³-hybridized carbons (Fsp3) is 0.750. The van der Waals surface area contributed by atoms with E-state index < -0.39 is 0 Å². The minimum absolute atomic E-state index is 0.152. The topological polar surface area (TPSA) is 45.7 Å². The molecule has 3 rings (SSSR count). The Kier molecular flexibility index (Phi) is 5.31. The number of hydrogen-bond donors (Lipinski definition) is 0. The fourth-order valence-corrected chi connectivity index (χ4v) is 4.33. The van der Waals surface area contributed by atoms with Gasteiger partial charge in [0.05, 0.1) is 13.5 Å². The van der Waals surface area contributed by atoms with E-state index in [1.54, 1.807) is 11.3 Å². The first kappa shape index (κ1) is 15.7. The first-order valence-electron chi connectivity index (χ1n) is 8.27. The Labute approximate surface area is 136 Å². The molecule has 0 unspecified atom stereocenters. The van der Waals surface area contributed by atoms with E-state index in [4.69, 9.17) is 0 Å². The number of thiazole rings is 1. The average molecular weight is 323 g/mol. The van der Waals surface area contributed by atoms with E-state index in [-0.39, 0.29) is 5.97 Å². The van der Waals surface area contributed by atoms with Crippen LogP contribution < -0.4 is 4.90 Å². The van der Waals surface area contributed by atoms with Crippen molar-refractivity contribution >= 4 is 22.4 Å². The number of aromatic nitrogens is 1. The number of nitrogens with zero attached hydrogens (tertiary/aromatic N) is 3. The Morgan fingerprint density at radius 2 is 2.18 bits per heavy atom. The highest BCUT2D eigenvalue weighted by atomic mass is 32.1. The average Bonchev–Trinajstić information content (AvgIpc) is 3.22. The molecule has 2 saturated heterocycles. The predicted octanol–water partition coefficient (Wildman–Crippen LogP) is 2.31. The number of hydrogen-bond acceptors (Lipinski definition) is 6. The van der Waals surface area contributed by atoms with Gasteiger partial charge in [0.15, 0.2) is 5.13 Å². The van der Waals surface area contributed by atoms with Crippen molar-refractivity contribution in [1.29, 1.82) is 0 Å². The SMILES string of the molecule is COC(=O)CCc1cnc(N2CC[C@H](N3CCCCC3)C2)s1. The second-order valence-corrected chi connectivity index (χ2v) is 7.26. The van der Waals surface area contributed by atoms with E-state index in [0.717, 1.165) is 24.6 Å². The van der Waals surface area contributed by atoms with Gasteiger partial charge < -0.3 is 9.64 Å². The van der Waals surface area contributed by atoms with Crippen LogP contribution in [-0.4, -0.2) is 55.2 Å². The smallest absolute Gasteiger partial charge is 0.305 e. The number of ether oxygens (including phenoxy) is 1. The van der Waals surface area contributed by atoms with Crippen molar-refractivity contribution in [3.05, 3.63) is 11.1 Å². The first-order valence-corrected chi connectivity index (χ1v) is 9.08. The van der Waals surface area contributed by atoms with Crippen LogP contribution in [0, 0.1) is 0 Å². The molecule has 0 amide bonds.